The summed E-state index contributed by atoms with van der Waals surface area (Å²) < 4.78 is 16.8. The van der Waals surface area contributed by atoms with Crippen LogP contribution in [0.25, 0.3) is 65.8 Å². The van der Waals surface area contributed by atoms with Gasteiger partial charge in [-0.15, -0.1) is 0 Å². The Morgan fingerprint density at radius 1 is 0.525 bits per heavy atom. The molecule has 0 amide bonds. The molecule has 40 heavy (non-hydrogen) atoms. The quantitative estimate of drug-likeness (QED) is 0.213. The normalized spacial score (nSPS) is 17.8. The highest BCUT2D eigenvalue weighted by atomic mass is 16.5. The van der Waals surface area contributed by atoms with Gasteiger partial charge in [-0.3, -0.25) is 0 Å². The zero-order valence-electron chi connectivity index (χ0n) is 21.1. The maximum atomic E-state index is 6.89. The lowest BCUT2D eigenvalue weighted by molar-refractivity contribution is -0.960. The summed E-state index contributed by atoms with van der Waals surface area (Å²) in [7, 11) is 0. The molecule has 3 aliphatic heterocycles. The largest absolute Gasteiger partial charge is 0.456 e. The number of pyridine rings is 2. The summed E-state index contributed by atoms with van der Waals surface area (Å²) in [4.78, 5) is 0. The van der Waals surface area contributed by atoms with E-state index in [2.05, 4.69) is 128 Å². The van der Waals surface area contributed by atoms with E-state index in [9.17, 15) is 0 Å². The molecule has 0 bridgehead atoms. The number of nitrogens with zero attached hydrogens (tertiary/aromatic N) is 4. The lowest BCUT2D eigenvalue weighted by atomic mass is 9.82. The number of para-hydroxylation sites is 2. The number of fused-ring (bicyclic) bond motifs is 7. The molecule has 0 fully saturated rings. The van der Waals surface area contributed by atoms with Gasteiger partial charge >= 0.3 is 5.66 Å². The van der Waals surface area contributed by atoms with Gasteiger partial charge in [0.15, 0.2) is 11.0 Å². The predicted molar refractivity (Wildman–Crippen MR) is 154 cm³/mol. The van der Waals surface area contributed by atoms with Crippen LogP contribution in [0.4, 0.5) is 0 Å². The summed E-state index contributed by atoms with van der Waals surface area (Å²) in [6.07, 6.45) is 4.53. The maximum Gasteiger partial charge on any atom is 0.321 e. The van der Waals surface area contributed by atoms with E-state index in [1.54, 1.807) is 0 Å². The molecule has 4 aromatic carbocycles. The summed E-state index contributed by atoms with van der Waals surface area (Å²) >= 11 is 0. The van der Waals surface area contributed by atoms with Crippen molar-refractivity contribution in [3.63, 3.8) is 0 Å². The topological polar surface area (TPSA) is 26.3 Å². The fraction of sp³-hybridized carbons (Fsp3) is 0.0286. The Balaban J connectivity index is 1.48. The fourth-order valence-corrected chi connectivity index (χ4v) is 8.62. The average molecular weight is 511 g/mol. The molecule has 0 aliphatic carbocycles. The second-order valence-electron chi connectivity index (χ2n) is 11.4. The van der Waals surface area contributed by atoms with Crippen LogP contribution >= 0.6 is 0 Å². The Hall–Kier alpha value is -5.42. The van der Waals surface area contributed by atoms with Gasteiger partial charge in [-0.2, -0.15) is 18.1 Å². The van der Waals surface area contributed by atoms with Gasteiger partial charge < -0.3 is 4.74 Å². The molecule has 0 saturated heterocycles. The minimum Gasteiger partial charge on any atom is -0.456 e. The lowest BCUT2D eigenvalue weighted by Crippen LogP contribution is -2.78. The van der Waals surface area contributed by atoms with Crippen molar-refractivity contribution in [2.24, 2.45) is 0 Å². The predicted octanol–water partition coefficient (Wildman–Crippen LogP) is 6.54. The minimum atomic E-state index is -0.657. The molecule has 3 aliphatic rings. The molecule has 5 nitrogen and oxygen atoms in total. The lowest BCUT2D eigenvalue weighted by Gasteiger charge is -2.39. The molecular weight excluding hydrogens is 492 g/mol. The summed E-state index contributed by atoms with van der Waals surface area (Å²) in [5.74, 6) is 2.98. The average Bonchev–Trinajstić information content (AvgIpc) is 3.65. The van der Waals surface area contributed by atoms with Crippen LogP contribution in [0.2, 0.25) is 0 Å². The standard InChI is InChI=1S/C35H18N4O/c1-2-11-25-19(7-1)22-13-15-26-29-32(22)38(25)28-12-3-4-17-36(28)35(29)30-27(40-26)16-14-23-20-8-5-9-21-24-10-6-18-37(35)34(24)39(31(20)21)33(23)30/h1-18H/q+2. The van der Waals surface area contributed by atoms with Gasteiger partial charge in [0.05, 0.1) is 17.8 Å². The van der Waals surface area contributed by atoms with Crippen molar-refractivity contribution in [2.45, 2.75) is 5.66 Å². The van der Waals surface area contributed by atoms with E-state index in [0.717, 1.165) is 17.3 Å². The second-order valence-corrected chi connectivity index (χ2v) is 11.4. The van der Waals surface area contributed by atoms with E-state index < -0.39 is 5.66 Å². The van der Waals surface area contributed by atoms with E-state index in [1.165, 1.54) is 71.2 Å². The van der Waals surface area contributed by atoms with E-state index >= 15 is 0 Å². The molecule has 5 heteroatoms. The number of ether oxygens (including phenoxy) is 1. The monoisotopic (exact) mass is 510 g/mol. The molecule has 0 saturated carbocycles. The van der Waals surface area contributed by atoms with Crippen LogP contribution in [-0.4, -0.2) is 8.97 Å². The van der Waals surface area contributed by atoms with Crippen molar-refractivity contribution in [1.29, 1.82) is 0 Å². The van der Waals surface area contributed by atoms with Gasteiger partial charge in [-0.1, -0.05) is 24.3 Å². The van der Waals surface area contributed by atoms with Gasteiger partial charge in [0.25, 0.3) is 11.5 Å². The summed E-state index contributed by atoms with van der Waals surface area (Å²) in [6, 6.07) is 35.5. The smallest absolute Gasteiger partial charge is 0.321 e. The molecule has 8 heterocycles. The van der Waals surface area contributed by atoms with E-state index in [0.29, 0.717) is 0 Å². The number of aromatic nitrogens is 4. The van der Waals surface area contributed by atoms with Gasteiger partial charge in [0.2, 0.25) is 0 Å². The molecule has 1 unspecified atom stereocenters. The number of hydrogen-bond acceptors (Lipinski definition) is 1. The second kappa shape index (κ2) is 5.63. The summed E-state index contributed by atoms with van der Waals surface area (Å²) in [5, 5.41) is 7.66. The van der Waals surface area contributed by atoms with Crippen LogP contribution in [0, 0.1) is 0 Å². The van der Waals surface area contributed by atoms with Crippen LogP contribution < -0.4 is 13.9 Å². The third-order valence-electron chi connectivity index (χ3n) is 9.86. The molecule has 1 spiro atoms. The number of benzene rings is 4. The maximum absolute atomic E-state index is 6.89. The van der Waals surface area contributed by atoms with Gasteiger partial charge in [-0.05, 0) is 66.7 Å². The molecule has 0 N–H and O–H groups in total. The van der Waals surface area contributed by atoms with E-state index in [1.807, 2.05) is 0 Å². The third-order valence-corrected chi connectivity index (χ3v) is 9.86. The first kappa shape index (κ1) is 18.8. The minimum absolute atomic E-state index is 0.657. The Morgan fingerprint density at radius 3 is 2.10 bits per heavy atom. The highest BCUT2D eigenvalue weighted by Crippen LogP contribution is 2.56. The van der Waals surface area contributed by atoms with Crippen LogP contribution in [0.1, 0.15) is 11.1 Å². The fourth-order valence-electron chi connectivity index (χ4n) is 8.62. The first-order valence-electron chi connectivity index (χ1n) is 13.8. The molecule has 182 valence electrons. The molecule has 1 atom stereocenters. The van der Waals surface area contributed by atoms with E-state index in [4.69, 9.17) is 4.74 Å². The highest BCUT2D eigenvalue weighted by Gasteiger charge is 2.63. The van der Waals surface area contributed by atoms with Gasteiger partial charge in [0.1, 0.15) is 33.7 Å². The van der Waals surface area contributed by atoms with Crippen molar-refractivity contribution in [3.8, 4) is 17.3 Å². The Labute approximate surface area is 226 Å². The molecule has 9 aromatic rings. The van der Waals surface area contributed by atoms with Crippen LogP contribution in [-0.2, 0) is 5.66 Å². The SMILES string of the molecule is c1cc[n+]2c(c1)-n1c3ccccc3c3ccc4c(c31)C21c2c(ccc3c5cccc6c7ccc[n+]1c7n(c23)c56)O4. The Morgan fingerprint density at radius 2 is 1.20 bits per heavy atom. The summed E-state index contributed by atoms with van der Waals surface area (Å²) in [6.45, 7) is 0. The third kappa shape index (κ3) is 1.60. The van der Waals surface area contributed by atoms with Crippen LogP contribution in [0.5, 0.6) is 11.5 Å². The van der Waals surface area contributed by atoms with Crippen molar-refractivity contribution < 1.29 is 13.9 Å². The first-order chi connectivity index (χ1) is 19.9. The molecular formula is C35H18N4O+2. The van der Waals surface area contributed by atoms with Crippen molar-refractivity contribution >= 4 is 60.0 Å². The molecule has 5 aromatic heterocycles. The molecule has 0 radical (unpaired) electrons. The van der Waals surface area contributed by atoms with Gasteiger partial charge in [-0.25, -0.2) is 0 Å². The summed E-state index contributed by atoms with van der Waals surface area (Å²) in [5.41, 5.74) is 7.95. The highest BCUT2D eigenvalue weighted by molar-refractivity contribution is 6.23. The molecule has 12 rings (SSSR count). The number of rotatable bonds is 0. The van der Waals surface area contributed by atoms with Crippen molar-refractivity contribution in [2.75, 3.05) is 0 Å². The zero-order valence-corrected chi connectivity index (χ0v) is 21.1. The number of hydrogen-bond donors (Lipinski definition) is 0. The van der Waals surface area contributed by atoms with Crippen molar-refractivity contribution in [3.05, 3.63) is 121 Å². The van der Waals surface area contributed by atoms with Gasteiger partial charge in [0, 0.05) is 33.0 Å². The van der Waals surface area contributed by atoms with Crippen molar-refractivity contribution in [1.82, 2.24) is 8.97 Å². The van der Waals surface area contributed by atoms with Crippen LogP contribution in [0.3, 0.4) is 0 Å². The van der Waals surface area contributed by atoms with E-state index in [-0.39, 0.29) is 0 Å². The zero-order chi connectivity index (χ0) is 25.5. The first-order valence-corrected chi connectivity index (χ1v) is 13.8. The van der Waals surface area contributed by atoms with Crippen LogP contribution in [0.15, 0.2) is 109 Å². The Bertz CT molecular complexity index is 2690. The Kier molecular flexibility index (Phi) is 2.64.